The molecule has 1 amide bonds. The smallest absolute Gasteiger partial charge is 0.277 e. The third kappa shape index (κ3) is 4.70. The Bertz CT molecular complexity index is 833. The third-order valence-electron chi connectivity index (χ3n) is 2.44. The molecule has 0 fully saturated rings. The van der Waals surface area contributed by atoms with Crippen LogP contribution in [0.5, 0.6) is 0 Å². The number of hydrogen-bond donors (Lipinski definition) is 1. The van der Waals surface area contributed by atoms with Gasteiger partial charge in [-0.05, 0) is 17.9 Å². The van der Waals surface area contributed by atoms with Crippen LogP contribution in [-0.4, -0.2) is 37.8 Å². The summed E-state index contributed by atoms with van der Waals surface area (Å²) in [7, 11) is 0. The molecule has 126 valence electrons. The number of halogens is 1. The Balaban J connectivity index is 1.51. The van der Waals surface area contributed by atoms with Crippen LogP contribution in [0.2, 0.25) is 4.34 Å². The lowest BCUT2D eigenvalue weighted by atomic mass is 10.5. The Morgan fingerprint density at radius 2 is 2.12 bits per heavy atom. The van der Waals surface area contributed by atoms with Crippen LogP contribution in [0.15, 0.2) is 26.1 Å². The van der Waals surface area contributed by atoms with Crippen molar-refractivity contribution in [1.29, 1.82) is 0 Å². The zero-order chi connectivity index (χ0) is 16.9. The summed E-state index contributed by atoms with van der Waals surface area (Å²) >= 11 is 11.3. The molecular weight excluding hydrogens is 410 g/mol. The van der Waals surface area contributed by atoms with E-state index >= 15 is 0 Å². The molecule has 0 aliphatic heterocycles. The lowest BCUT2D eigenvalue weighted by molar-refractivity contribution is -0.113. The van der Waals surface area contributed by atoms with Crippen molar-refractivity contribution in [3.63, 3.8) is 0 Å². The minimum Gasteiger partial charge on any atom is -0.410 e. The van der Waals surface area contributed by atoms with Gasteiger partial charge in [-0.3, -0.25) is 10.1 Å². The predicted molar refractivity (Wildman–Crippen MR) is 98.3 cm³/mol. The Kier molecular flexibility index (Phi) is 6.11. The van der Waals surface area contributed by atoms with E-state index in [4.69, 9.17) is 16.0 Å². The minimum atomic E-state index is -0.205. The van der Waals surface area contributed by atoms with Crippen molar-refractivity contribution in [2.45, 2.75) is 16.5 Å². The first-order valence-electron chi connectivity index (χ1n) is 6.62. The van der Waals surface area contributed by atoms with Gasteiger partial charge in [-0.1, -0.05) is 53.4 Å². The maximum absolute atomic E-state index is 11.9. The average Bonchev–Trinajstić information content (AvgIpc) is 3.27. The van der Waals surface area contributed by atoms with Gasteiger partial charge in [0.15, 0.2) is 4.34 Å². The maximum Gasteiger partial charge on any atom is 0.277 e. The molecule has 0 aliphatic rings. The van der Waals surface area contributed by atoms with Gasteiger partial charge in [0.2, 0.25) is 11.0 Å². The molecule has 0 bridgehead atoms. The van der Waals surface area contributed by atoms with Crippen LogP contribution in [0.1, 0.15) is 6.92 Å². The van der Waals surface area contributed by atoms with E-state index in [2.05, 4.69) is 25.7 Å². The number of hydrogen-bond acceptors (Lipinski definition) is 10. The number of anilines is 1. The van der Waals surface area contributed by atoms with E-state index in [0.29, 0.717) is 20.6 Å². The van der Waals surface area contributed by atoms with Crippen molar-refractivity contribution in [3.8, 4) is 10.8 Å². The molecule has 3 rings (SSSR count). The summed E-state index contributed by atoms with van der Waals surface area (Å²) < 4.78 is 6.98. The highest BCUT2D eigenvalue weighted by Gasteiger charge is 2.14. The average molecular weight is 420 g/mol. The van der Waals surface area contributed by atoms with Gasteiger partial charge in [0.05, 0.1) is 15.0 Å². The maximum atomic E-state index is 11.9. The highest BCUT2D eigenvalue weighted by molar-refractivity contribution is 8.01. The number of nitrogens with zero attached hydrogens (tertiary/aromatic N) is 4. The standard InChI is InChI=1S/C12H10ClN5O2S4/c1-2-21-12-18-16-10(24-12)14-8(19)5-22-11-17-15-9(20-11)6-3-4-7(13)23-6/h3-4H,2,5H2,1H3,(H,14,16,19). The lowest BCUT2D eigenvalue weighted by Gasteiger charge is -1.97. The van der Waals surface area contributed by atoms with Crippen LogP contribution < -0.4 is 5.32 Å². The van der Waals surface area contributed by atoms with Crippen LogP contribution >= 0.6 is 57.8 Å². The quantitative estimate of drug-likeness (QED) is 0.451. The van der Waals surface area contributed by atoms with Crippen LogP contribution in [0.25, 0.3) is 10.8 Å². The zero-order valence-electron chi connectivity index (χ0n) is 12.2. The first-order valence-corrected chi connectivity index (χ1v) is 10.6. The van der Waals surface area contributed by atoms with Crippen LogP contribution in [0, 0.1) is 0 Å². The summed E-state index contributed by atoms with van der Waals surface area (Å²) in [5, 5.41) is 19.3. The van der Waals surface area contributed by atoms with Crippen molar-refractivity contribution in [2.75, 3.05) is 16.8 Å². The highest BCUT2D eigenvalue weighted by Crippen LogP contribution is 2.31. The molecular formula is C12H10ClN5O2S4. The van der Waals surface area contributed by atoms with Crippen molar-refractivity contribution in [3.05, 3.63) is 16.5 Å². The van der Waals surface area contributed by atoms with E-state index in [1.54, 1.807) is 17.8 Å². The topological polar surface area (TPSA) is 93.8 Å². The minimum absolute atomic E-state index is 0.142. The molecule has 0 saturated carbocycles. The van der Waals surface area contributed by atoms with Crippen molar-refractivity contribution in [2.24, 2.45) is 0 Å². The summed E-state index contributed by atoms with van der Waals surface area (Å²) in [6, 6.07) is 3.57. The summed E-state index contributed by atoms with van der Waals surface area (Å²) in [5.41, 5.74) is 0. The Morgan fingerprint density at radius 3 is 2.88 bits per heavy atom. The van der Waals surface area contributed by atoms with Crippen LogP contribution in [0.3, 0.4) is 0 Å². The van der Waals surface area contributed by atoms with Crippen LogP contribution in [-0.2, 0) is 4.79 Å². The fraction of sp³-hybridized carbons (Fsp3) is 0.250. The summed E-state index contributed by atoms with van der Waals surface area (Å²) in [6.07, 6.45) is 0. The van der Waals surface area contributed by atoms with Crippen molar-refractivity contribution < 1.29 is 9.21 Å². The van der Waals surface area contributed by atoms with Gasteiger partial charge in [0, 0.05) is 0 Å². The van der Waals surface area contributed by atoms with E-state index in [1.807, 2.05) is 13.0 Å². The largest absolute Gasteiger partial charge is 0.410 e. The van der Waals surface area contributed by atoms with Gasteiger partial charge < -0.3 is 4.42 Å². The van der Waals surface area contributed by atoms with Crippen molar-refractivity contribution in [1.82, 2.24) is 20.4 Å². The molecule has 24 heavy (non-hydrogen) atoms. The van der Waals surface area contributed by atoms with E-state index in [0.717, 1.165) is 26.7 Å². The van der Waals surface area contributed by atoms with Gasteiger partial charge in [-0.15, -0.1) is 31.7 Å². The third-order valence-corrected chi connectivity index (χ3v) is 6.33. The van der Waals surface area contributed by atoms with Gasteiger partial charge in [0.25, 0.3) is 11.1 Å². The molecule has 0 radical (unpaired) electrons. The molecule has 0 atom stereocenters. The first kappa shape index (κ1) is 17.7. The number of carbonyl (C=O) groups excluding carboxylic acids is 1. The number of carbonyl (C=O) groups is 1. The highest BCUT2D eigenvalue weighted by atomic mass is 35.5. The molecule has 1 N–H and O–H groups in total. The number of thioether (sulfide) groups is 2. The second-order valence-electron chi connectivity index (χ2n) is 4.12. The Hall–Kier alpha value is -1.14. The van der Waals surface area contributed by atoms with Gasteiger partial charge in [0.1, 0.15) is 0 Å². The number of aromatic nitrogens is 4. The lowest BCUT2D eigenvalue weighted by Crippen LogP contribution is -2.13. The summed E-state index contributed by atoms with van der Waals surface area (Å²) in [5.74, 6) is 1.24. The van der Waals surface area contributed by atoms with Gasteiger partial charge in [-0.25, -0.2) is 0 Å². The van der Waals surface area contributed by atoms with Crippen molar-refractivity contribution >= 4 is 68.8 Å². The van der Waals surface area contributed by atoms with Gasteiger partial charge >= 0.3 is 0 Å². The second kappa shape index (κ2) is 8.30. The first-order chi connectivity index (χ1) is 11.6. The normalized spacial score (nSPS) is 10.9. The molecule has 0 spiro atoms. The molecule has 3 heterocycles. The number of rotatable bonds is 7. The number of amides is 1. The van der Waals surface area contributed by atoms with Gasteiger partial charge in [-0.2, -0.15) is 0 Å². The molecule has 0 unspecified atom stereocenters. The molecule has 3 aromatic rings. The zero-order valence-corrected chi connectivity index (χ0v) is 16.2. The molecule has 12 heteroatoms. The Morgan fingerprint density at radius 1 is 1.25 bits per heavy atom. The number of nitrogens with one attached hydrogen (secondary N) is 1. The fourth-order valence-corrected chi connectivity index (χ4v) is 4.71. The van der Waals surface area contributed by atoms with Crippen LogP contribution in [0.4, 0.5) is 5.13 Å². The van der Waals surface area contributed by atoms with E-state index < -0.39 is 0 Å². The molecule has 0 saturated heterocycles. The van der Waals surface area contributed by atoms with E-state index in [1.165, 1.54) is 22.7 Å². The molecule has 3 aromatic heterocycles. The molecule has 0 aliphatic carbocycles. The number of thiophene rings is 1. The molecule has 7 nitrogen and oxygen atoms in total. The molecule has 0 aromatic carbocycles. The van der Waals surface area contributed by atoms with E-state index in [-0.39, 0.29) is 11.7 Å². The monoisotopic (exact) mass is 419 g/mol. The second-order valence-corrected chi connectivity index (χ2v) is 9.25. The summed E-state index contributed by atoms with van der Waals surface area (Å²) in [4.78, 5) is 12.7. The predicted octanol–water partition coefficient (Wildman–Crippen LogP) is 4.15. The Labute approximate surface area is 158 Å². The summed E-state index contributed by atoms with van der Waals surface area (Å²) in [6.45, 7) is 2.03. The van der Waals surface area contributed by atoms with E-state index in [9.17, 15) is 4.79 Å². The fourth-order valence-electron chi connectivity index (χ4n) is 1.52. The SMILES string of the molecule is CCSc1nnc(NC(=O)CSc2nnc(-c3ccc(Cl)s3)o2)s1.